The second-order valence-electron chi connectivity index (χ2n) is 3.38. The van der Waals surface area contributed by atoms with Crippen LogP contribution in [0.25, 0.3) is 0 Å². The standard InChI is InChI=1S/C11H12N2O2S2/c1-7-10(17-9(5-12)13-7)11(14)15-6-8-3-2-4-16-8/h2-4H,5-6,12H2,1H3. The van der Waals surface area contributed by atoms with Gasteiger partial charge >= 0.3 is 5.97 Å². The minimum atomic E-state index is -0.326. The number of thiazole rings is 1. The summed E-state index contributed by atoms with van der Waals surface area (Å²) in [6.45, 7) is 2.45. The lowest BCUT2D eigenvalue weighted by atomic mass is 10.4. The van der Waals surface area contributed by atoms with E-state index in [9.17, 15) is 4.79 Å². The van der Waals surface area contributed by atoms with Crippen molar-refractivity contribution in [3.8, 4) is 0 Å². The lowest BCUT2D eigenvalue weighted by molar-refractivity contribution is 0.0481. The average molecular weight is 268 g/mol. The maximum atomic E-state index is 11.8. The van der Waals surface area contributed by atoms with E-state index in [0.717, 1.165) is 9.88 Å². The zero-order valence-electron chi connectivity index (χ0n) is 9.30. The molecule has 4 nitrogen and oxygen atoms in total. The monoisotopic (exact) mass is 268 g/mol. The Morgan fingerprint density at radius 1 is 1.59 bits per heavy atom. The van der Waals surface area contributed by atoms with Gasteiger partial charge in [0.2, 0.25) is 0 Å². The molecule has 2 aromatic rings. The van der Waals surface area contributed by atoms with Crippen LogP contribution in [0.5, 0.6) is 0 Å². The molecule has 2 N–H and O–H groups in total. The van der Waals surface area contributed by atoms with Crippen molar-refractivity contribution in [2.45, 2.75) is 20.1 Å². The smallest absolute Gasteiger partial charge is 0.350 e. The van der Waals surface area contributed by atoms with Gasteiger partial charge in [-0.05, 0) is 18.4 Å². The molecule has 6 heteroatoms. The molecule has 2 heterocycles. The Balaban J connectivity index is 2.01. The fraction of sp³-hybridized carbons (Fsp3) is 0.273. The molecule has 2 rings (SSSR count). The summed E-state index contributed by atoms with van der Waals surface area (Å²) in [7, 11) is 0. The van der Waals surface area contributed by atoms with E-state index in [0.29, 0.717) is 23.7 Å². The van der Waals surface area contributed by atoms with Gasteiger partial charge in [0.1, 0.15) is 16.5 Å². The van der Waals surface area contributed by atoms with Crippen LogP contribution in [0.1, 0.15) is 25.3 Å². The van der Waals surface area contributed by atoms with E-state index < -0.39 is 0 Å². The maximum Gasteiger partial charge on any atom is 0.350 e. The summed E-state index contributed by atoms with van der Waals surface area (Å²) in [5.74, 6) is -0.326. The van der Waals surface area contributed by atoms with Gasteiger partial charge in [0.15, 0.2) is 0 Å². The third-order valence-electron chi connectivity index (χ3n) is 2.13. The van der Waals surface area contributed by atoms with Crippen LogP contribution in [0, 0.1) is 6.92 Å². The molecule has 0 unspecified atom stereocenters. The summed E-state index contributed by atoms with van der Waals surface area (Å²) in [6.07, 6.45) is 0. The molecule has 0 amide bonds. The van der Waals surface area contributed by atoms with Gasteiger partial charge in [0, 0.05) is 11.4 Å². The van der Waals surface area contributed by atoms with Crippen LogP contribution in [-0.2, 0) is 17.9 Å². The van der Waals surface area contributed by atoms with E-state index in [4.69, 9.17) is 10.5 Å². The minimum absolute atomic E-state index is 0.311. The summed E-state index contributed by atoms with van der Waals surface area (Å²) in [4.78, 5) is 17.6. The van der Waals surface area contributed by atoms with Gasteiger partial charge in [-0.15, -0.1) is 22.7 Å². The second kappa shape index (κ2) is 5.39. The number of nitrogens with two attached hydrogens (primary N) is 1. The quantitative estimate of drug-likeness (QED) is 0.864. The molecule has 0 radical (unpaired) electrons. The van der Waals surface area contributed by atoms with Crippen LogP contribution in [0.3, 0.4) is 0 Å². The number of carbonyl (C=O) groups is 1. The number of rotatable bonds is 4. The van der Waals surface area contributed by atoms with E-state index in [-0.39, 0.29) is 5.97 Å². The summed E-state index contributed by atoms with van der Waals surface area (Å²) < 4.78 is 5.21. The van der Waals surface area contributed by atoms with Gasteiger partial charge in [-0.2, -0.15) is 0 Å². The molecule has 17 heavy (non-hydrogen) atoms. The molecule has 0 saturated heterocycles. The molecular formula is C11H12N2O2S2. The highest BCUT2D eigenvalue weighted by atomic mass is 32.1. The average Bonchev–Trinajstić information content (AvgIpc) is 2.94. The zero-order valence-corrected chi connectivity index (χ0v) is 10.9. The Bertz CT molecular complexity index is 506. The summed E-state index contributed by atoms with van der Waals surface area (Å²) in [5, 5.41) is 2.71. The van der Waals surface area contributed by atoms with Crippen molar-refractivity contribution in [1.82, 2.24) is 4.98 Å². The van der Waals surface area contributed by atoms with Gasteiger partial charge < -0.3 is 10.5 Å². The Kier molecular flexibility index (Phi) is 3.88. The molecule has 0 bridgehead atoms. The van der Waals surface area contributed by atoms with Crippen LogP contribution in [0.15, 0.2) is 17.5 Å². The largest absolute Gasteiger partial charge is 0.456 e. The van der Waals surface area contributed by atoms with Crippen molar-refractivity contribution in [2.75, 3.05) is 0 Å². The first-order valence-electron chi connectivity index (χ1n) is 5.06. The normalized spacial score (nSPS) is 10.5. The number of aryl methyl sites for hydroxylation is 1. The fourth-order valence-corrected chi connectivity index (χ4v) is 2.78. The summed E-state index contributed by atoms with van der Waals surface area (Å²) in [6, 6.07) is 3.86. The third kappa shape index (κ3) is 2.91. The van der Waals surface area contributed by atoms with Gasteiger partial charge in [-0.1, -0.05) is 6.07 Å². The first-order valence-corrected chi connectivity index (χ1v) is 6.76. The van der Waals surface area contributed by atoms with Crippen molar-refractivity contribution in [3.63, 3.8) is 0 Å². The van der Waals surface area contributed by atoms with E-state index in [1.807, 2.05) is 17.5 Å². The molecule has 0 aromatic carbocycles. The number of carbonyl (C=O) groups excluding carboxylic acids is 1. The lowest BCUT2D eigenvalue weighted by Crippen LogP contribution is -2.04. The zero-order chi connectivity index (χ0) is 12.3. The topological polar surface area (TPSA) is 65.2 Å². The maximum absolute atomic E-state index is 11.8. The highest BCUT2D eigenvalue weighted by Gasteiger charge is 2.16. The second-order valence-corrected chi connectivity index (χ2v) is 5.50. The van der Waals surface area contributed by atoms with Gasteiger partial charge in [-0.3, -0.25) is 0 Å². The van der Waals surface area contributed by atoms with Crippen molar-refractivity contribution < 1.29 is 9.53 Å². The molecule has 0 saturated carbocycles. The molecule has 2 aromatic heterocycles. The predicted octanol–water partition coefficient (Wildman–Crippen LogP) is 2.33. The van der Waals surface area contributed by atoms with Crippen LogP contribution >= 0.6 is 22.7 Å². The molecule has 0 atom stereocenters. The highest BCUT2D eigenvalue weighted by Crippen LogP contribution is 2.19. The van der Waals surface area contributed by atoms with E-state index in [2.05, 4.69) is 4.98 Å². The first-order chi connectivity index (χ1) is 8.20. The van der Waals surface area contributed by atoms with E-state index >= 15 is 0 Å². The highest BCUT2D eigenvalue weighted by molar-refractivity contribution is 7.13. The number of nitrogens with zero attached hydrogens (tertiary/aromatic N) is 1. The van der Waals surface area contributed by atoms with Crippen molar-refractivity contribution in [1.29, 1.82) is 0 Å². The number of hydrogen-bond acceptors (Lipinski definition) is 6. The van der Waals surface area contributed by atoms with Crippen LogP contribution < -0.4 is 5.73 Å². The summed E-state index contributed by atoms with van der Waals surface area (Å²) >= 11 is 2.86. The number of esters is 1. The number of aromatic nitrogens is 1. The minimum Gasteiger partial charge on any atom is -0.456 e. The van der Waals surface area contributed by atoms with Crippen LogP contribution in [-0.4, -0.2) is 11.0 Å². The molecular weight excluding hydrogens is 256 g/mol. The molecule has 90 valence electrons. The van der Waals surface area contributed by atoms with E-state index in [1.54, 1.807) is 18.3 Å². The Morgan fingerprint density at radius 2 is 2.41 bits per heavy atom. The Labute approximate surface area is 107 Å². The fourth-order valence-electron chi connectivity index (χ4n) is 1.33. The predicted molar refractivity (Wildman–Crippen MR) is 68.2 cm³/mol. The molecule has 0 aliphatic rings. The van der Waals surface area contributed by atoms with Gasteiger partial charge in [0.05, 0.1) is 5.69 Å². The van der Waals surface area contributed by atoms with Crippen molar-refractivity contribution in [3.05, 3.63) is 38.0 Å². The van der Waals surface area contributed by atoms with Crippen molar-refractivity contribution >= 4 is 28.6 Å². The number of ether oxygens (including phenoxy) is 1. The van der Waals surface area contributed by atoms with Crippen LogP contribution in [0.2, 0.25) is 0 Å². The Hall–Kier alpha value is -1.24. The molecule has 0 fully saturated rings. The Morgan fingerprint density at radius 3 is 3.00 bits per heavy atom. The van der Waals surface area contributed by atoms with Crippen LogP contribution in [0.4, 0.5) is 0 Å². The van der Waals surface area contributed by atoms with Gasteiger partial charge in [-0.25, -0.2) is 9.78 Å². The lowest BCUT2D eigenvalue weighted by Gasteiger charge is -2.01. The SMILES string of the molecule is Cc1nc(CN)sc1C(=O)OCc1cccs1. The molecule has 0 spiro atoms. The molecule has 0 aliphatic carbocycles. The number of thiophene rings is 1. The van der Waals surface area contributed by atoms with E-state index in [1.165, 1.54) is 11.3 Å². The summed E-state index contributed by atoms with van der Waals surface area (Å²) in [5.41, 5.74) is 6.17. The number of hydrogen-bond donors (Lipinski definition) is 1. The van der Waals surface area contributed by atoms with Gasteiger partial charge in [0.25, 0.3) is 0 Å². The van der Waals surface area contributed by atoms with Crippen molar-refractivity contribution in [2.24, 2.45) is 5.73 Å². The third-order valence-corrected chi connectivity index (χ3v) is 4.14. The first kappa shape index (κ1) is 12.2. The molecule has 0 aliphatic heterocycles.